The molecule has 1 heterocycles. The number of aromatic nitrogens is 2. The molecular formula is C15H24FN3. The number of nitrogens with zero attached hydrogens (tertiary/aromatic N) is 2. The van der Waals surface area contributed by atoms with Crippen LogP contribution in [0.4, 0.5) is 10.2 Å². The average Bonchev–Trinajstić information content (AvgIpc) is 2.41. The second-order valence-electron chi connectivity index (χ2n) is 5.78. The fourth-order valence-corrected chi connectivity index (χ4v) is 3.07. The van der Waals surface area contributed by atoms with Crippen molar-refractivity contribution in [3.63, 3.8) is 0 Å². The second-order valence-corrected chi connectivity index (χ2v) is 5.78. The number of anilines is 1. The Morgan fingerprint density at radius 2 is 2.05 bits per heavy atom. The quantitative estimate of drug-likeness (QED) is 0.899. The van der Waals surface area contributed by atoms with Gasteiger partial charge in [0.05, 0.1) is 5.69 Å². The van der Waals surface area contributed by atoms with E-state index in [1.165, 1.54) is 25.6 Å². The second kappa shape index (κ2) is 6.31. The predicted molar refractivity (Wildman–Crippen MR) is 75.6 cm³/mol. The van der Waals surface area contributed by atoms with Crippen LogP contribution in [0.15, 0.2) is 6.33 Å². The van der Waals surface area contributed by atoms with E-state index in [2.05, 4.69) is 29.1 Å². The molecule has 0 radical (unpaired) electrons. The minimum absolute atomic E-state index is 0.280. The van der Waals surface area contributed by atoms with E-state index in [0.717, 1.165) is 6.42 Å². The molecule has 1 aromatic heterocycles. The molecule has 1 aliphatic carbocycles. The van der Waals surface area contributed by atoms with Gasteiger partial charge in [0.1, 0.15) is 6.33 Å². The summed E-state index contributed by atoms with van der Waals surface area (Å²) in [6.45, 7) is 6.41. The fourth-order valence-electron chi connectivity index (χ4n) is 3.07. The van der Waals surface area contributed by atoms with Crippen molar-refractivity contribution in [1.82, 2.24) is 9.97 Å². The number of hydrogen-bond donors (Lipinski definition) is 1. The Morgan fingerprint density at radius 1 is 1.32 bits per heavy atom. The van der Waals surface area contributed by atoms with Gasteiger partial charge in [-0.05, 0) is 31.1 Å². The molecule has 1 fully saturated rings. The molecule has 1 aromatic rings. The molecule has 1 aliphatic rings. The van der Waals surface area contributed by atoms with Crippen molar-refractivity contribution in [2.45, 2.75) is 58.9 Å². The highest BCUT2D eigenvalue weighted by molar-refractivity contribution is 5.38. The molecule has 2 unspecified atom stereocenters. The normalized spacial score (nSPS) is 23.6. The van der Waals surface area contributed by atoms with Crippen molar-refractivity contribution in [1.29, 1.82) is 0 Å². The Kier molecular flexibility index (Phi) is 4.72. The summed E-state index contributed by atoms with van der Waals surface area (Å²) in [4.78, 5) is 8.06. The first-order valence-corrected chi connectivity index (χ1v) is 7.39. The van der Waals surface area contributed by atoms with Gasteiger partial charge in [-0.15, -0.1) is 0 Å². The van der Waals surface area contributed by atoms with E-state index < -0.39 is 0 Å². The van der Waals surface area contributed by atoms with Crippen LogP contribution >= 0.6 is 0 Å². The summed E-state index contributed by atoms with van der Waals surface area (Å²) in [5.41, 5.74) is 0.495. The molecule has 0 saturated heterocycles. The lowest BCUT2D eigenvalue weighted by atomic mass is 9.78. The Bertz CT molecular complexity index is 420. The molecule has 106 valence electrons. The van der Waals surface area contributed by atoms with Gasteiger partial charge in [-0.3, -0.25) is 0 Å². The highest BCUT2D eigenvalue weighted by Gasteiger charge is 2.28. The summed E-state index contributed by atoms with van der Waals surface area (Å²) in [6.07, 6.45) is 6.89. The van der Waals surface area contributed by atoms with E-state index in [1.54, 1.807) is 0 Å². The summed E-state index contributed by atoms with van der Waals surface area (Å²) in [5.74, 6) is 1.32. The predicted octanol–water partition coefficient (Wildman–Crippen LogP) is 3.80. The van der Waals surface area contributed by atoms with Crippen molar-refractivity contribution in [3.05, 3.63) is 17.8 Å². The molecule has 1 saturated carbocycles. The molecule has 2 atom stereocenters. The average molecular weight is 265 g/mol. The van der Waals surface area contributed by atoms with Gasteiger partial charge in [-0.1, -0.05) is 33.6 Å². The maximum atomic E-state index is 14.2. The Labute approximate surface area is 115 Å². The number of hydrogen-bond acceptors (Lipinski definition) is 3. The molecule has 4 heteroatoms. The van der Waals surface area contributed by atoms with E-state index in [0.29, 0.717) is 35.8 Å². The monoisotopic (exact) mass is 265 g/mol. The van der Waals surface area contributed by atoms with Crippen LogP contribution in [0.3, 0.4) is 0 Å². The maximum Gasteiger partial charge on any atom is 0.186 e. The smallest absolute Gasteiger partial charge is 0.186 e. The highest BCUT2D eigenvalue weighted by Crippen LogP contribution is 2.32. The van der Waals surface area contributed by atoms with E-state index in [-0.39, 0.29) is 5.82 Å². The van der Waals surface area contributed by atoms with Crippen LogP contribution < -0.4 is 5.32 Å². The molecule has 1 N–H and O–H groups in total. The zero-order valence-electron chi connectivity index (χ0n) is 12.1. The Morgan fingerprint density at radius 3 is 2.74 bits per heavy atom. The summed E-state index contributed by atoms with van der Waals surface area (Å²) in [6, 6.07) is 0.336. The van der Waals surface area contributed by atoms with Crippen LogP contribution in [-0.2, 0) is 6.42 Å². The van der Waals surface area contributed by atoms with Crippen molar-refractivity contribution in [2.24, 2.45) is 11.8 Å². The minimum Gasteiger partial charge on any atom is -0.365 e. The summed E-state index contributed by atoms with van der Waals surface area (Å²) in [7, 11) is 0. The molecule has 3 nitrogen and oxygen atoms in total. The van der Waals surface area contributed by atoms with E-state index >= 15 is 0 Å². The molecule has 0 spiro atoms. The first-order valence-electron chi connectivity index (χ1n) is 7.39. The lowest BCUT2D eigenvalue weighted by molar-refractivity contribution is 0.253. The molecule has 0 bridgehead atoms. The van der Waals surface area contributed by atoms with Gasteiger partial charge < -0.3 is 5.32 Å². The molecule has 0 aliphatic heterocycles. The first kappa shape index (κ1) is 14.2. The van der Waals surface area contributed by atoms with Gasteiger partial charge in [0, 0.05) is 6.04 Å². The zero-order valence-corrected chi connectivity index (χ0v) is 12.1. The van der Waals surface area contributed by atoms with Crippen LogP contribution in [0.1, 0.15) is 52.1 Å². The molecule has 0 aromatic carbocycles. The third-order valence-corrected chi connectivity index (χ3v) is 4.19. The summed E-state index contributed by atoms with van der Waals surface area (Å²) in [5, 5.41) is 3.33. The number of nitrogens with one attached hydrogen (secondary N) is 1. The van der Waals surface area contributed by atoms with E-state index in [4.69, 9.17) is 0 Å². The maximum absolute atomic E-state index is 14.2. The SMILES string of the molecule is CCc1ncnc(NC2CCCCC2C(C)C)c1F. The van der Waals surface area contributed by atoms with Crippen LogP contribution in [0.5, 0.6) is 0 Å². The third-order valence-electron chi connectivity index (χ3n) is 4.19. The van der Waals surface area contributed by atoms with E-state index in [9.17, 15) is 4.39 Å². The van der Waals surface area contributed by atoms with Crippen molar-refractivity contribution >= 4 is 5.82 Å². The number of aryl methyl sites for hydroxylation is 1. The van der Waals surface area contributed by atoms with Gasteiger partial charge >= 0.3 is 0 Å². The summed E-state index contributed by atoms with van der Waals surface area (Å²) >= 11 is 0. The minimum atomic E-state index is -0.280. The standard InChI is InChI=1S/C15H24FN3/c1-4-12-14(16)15(18-9-17-12)19-13-8-6-5-7-11(13)10(2)3/h9-11,13H,4-8H2,1-3H3,(H,17,18,19). The van der Waals surface area contributed by atoms with Crippen LogP contribution in [0.25, 0.3) is 0 Å². The van der Waals surface area contributed by atoms with Gasteiger partial charge in [-0.25, -0.2) is 14.4 Å². The van der Waals surface area contributed by atoms with Gasteiger partial charge in [0.15, 0.2) is 11.6 Å². The van der Waals surface area contributed by atoms with Crippen molar-refractivity contribution < 1.29 is 4.39 Å². The van der Waals surface area contributed by atoms with E-state index in [1.807, 2.05) is 6.92 Å². The van der Waals surface area contributed by atoms with Crippen LogP contribution in [-0.4, -0.2) is 16.0 Å². The fraction of sp³-hybridized carbons (Fsp3) is 0.733. The Balaban J connectivity index is 2.15. The lowest BCUT2D eigenvalue weighted by Gasteiger charge is -2.35. The topological polar surface area (TPSA) is 37.8 Å². The summed E-state index contributed by atoms with van der Waals surface area (Å²) < 4.78 is 14.2. The largest absolute Gasteiger partial charge is 0.365 e. The highest BCUT2D eigenvalue weighted by atomic mass is 19.1. The van der Waals surface area contributed by atoms with Gasteiger partial charge in [0.2, 0.25) is 0 Å². The third kappa shape index (κ3) is 3.23. The van der Waals surface area contributed by atoms with Gasteiger partial charge in [0.25, 0.3) is 0 Å². The number of halogens is 1. The van der Waals surface area contributed by atoms with Crippen molar-refractivity contribution in [3.8, 4) is 0 Å². The molecule has 19 heavy (non-hydrogen) atoms. The molecule has 0 amide bonds. The van der Waals surface area contributed by atoms with Crippen LogP contribution in [0, 0.1) is 17.7 Å². The molecular weight excluding hydrogens is 241 g/mol. The number of rotatable bonds is 4. The zero-order chi connectivity index (χ0) is 13.8. The van der Waals surface area contributed by atoms with Crippen molar-refractivity contribution in [2.75, 3.05) is 5.32 Å². The lowest BCUT2D eigenvalue weighted by Crippen LogP contribution is -2.35. The first-order chi connectivity index (χ1) is 9.13. The van der Waals surface area contributed by atoms with Gasteiger partial charge in [-0.2, -0.15) is 0 Å². The Hall–Kier alpha value is -1.19. The van der Waals surface area contributed by atoms with Crippen LogP contribution in [0.2, 0.25) is 0 Å². The molecule has 2 rings (SSSR count).